The molecule has 0 saturated carbocycles. The van der Waals surface area contributed by atoms with E-state index in [0.29, 0.717) is 0 Å². The fraction of sp³-hybridized carbons (Fsp3) is 0.231. The molecule has 0 radical (unpaired) electrons. The quantitative estimate of drug-likeness (QED) is 0.646. The highest BCUT2D eigenvalue weighted by atomic mass is 79.9. The molecule has 0 aliphatic rings. The molecule has 0 saturated heterocycles. The molecule has 2 aromatic rings. The van der Waals surface area contributed by atoms with Crippen molar-refractivity contribution in [1.29, 1.82) is 0 Å². The Kier molecular flexibility index (Phi) is 3.73. The highest BCUT2D eigenvalue weighted by Crippen LogP contribution is 2.37. The van der Waals surface area contributed by atoms with Crippen LogP contribution in [-0.2, 0) is 0 Å². The number of halogens is 2. The Hall–Kier alpha value is -0.310. The fourth-order valence-corrected chi connectivity index (χ4v) is 3.47. The van der Waals surface area contributed by atoms with Crippen molar-refractivity contribution in [2.45, 2.75) is 19.2 Å². The van der Waals surface area contributed by atoms with Gasteiger partial charge in [-0.3, -0.25) is 0 Å². The molecule has 1 aromatic carbocycles. The highest BCUT2D eigenvalue weighted by Gasteiger charge is 2.15. The molecule has 0 N–H and O–H groups in total. The van der Waals surface area contributed by atoms with Gasteiger partial charge in [0.15, 0.2) is 0 Å². The summed E-state index contributed by atoms with van der Waals surface area (Å²) in [5.74, 6) is 0. The zero-order chi connectivity index (χ0) is 11.7. The number of hydrogen-bond acceptors (Lipinski definition) is 1. The molecule has 0 amide bonds. The van der Waals surface area contributed by atoms with Crippen molar-refractivity contribution in [3.05, 3.63) is 55.7 Å². The van der Waals surface area contributed by atoms with Crippen molar-refractivity contribution in [1.82, 2.24) is 0 Å². The summed E-state index contributed by atoms with van der Waals surface area (Å²) >= 11 is 11.8. The first-order valence-electron chi connectivity index (χ1n) is 5.04. The Labute approximate surface area is 113 Å². The minimum absolute atomic E-state index is 0.0621. The van der Waals surface area contributed by atoms with Crippen LogP contribution in [0.2, 0.25) is 0 Å². The standard InChI is InChI=1S/C13H12BrClS/c1-8-3-5-11(14)10(7-8)13(15)12-6-4-9(2)16-12/h3-7,13H,1-2H3. The van der Waals surface area contributed by atoms with Gasteiger partial charge in [-0.25, -0.2) is 0 Å². The molecule has 0 fully saturated rings. The lowest BCUT2D eigenvalue weighted by Crippen LogP contribution is -1.92. The SMILES string of the molecule is Cc1ccc(Br)c(C(Cl)c2ccc(C)s2)c1. The van der Waals surface area contributed by atoms with Crippen molar-refractivity contribution >= 4 is 38.9 Å². The third kappa shape index (κ3) is 2.50. The Morgan fingerprint density at radius 3 is 2.56 bits per heavy atom. The molecule has 0 aliphatic carbocycles. The summed E-state index contributed by atoms with van der Waals surface area (Å²) in [4.78, 5) is 2.50. The number of benzene rings is 1. The smallest absolute Gasteiger partial charge is 0.0938 e. The van der Waals surface area contributed by atoms with Gasteiger partial charge in [-0.15, -0.1) is 22.9 Å². The Balaban J connectivity index is 2.40. The van der Waals surface area contributed by atoms with Crippen molar-refractivity contribution in [3.63, 3.8) is 0 Å². The average Bonchev–Trinajstić information content (AvgIpc) is 2.67. The van der Waals surface area contributed by atoms with E-state index in [2.05, 4.69) is 60.1 Å². The molecule has 84 valence electrons. The third-order valence-corrected chi connectivity index (χ3v) is 4.82. The summed E-state index contributed by atoms with van der Waals surface area (Å²) < 4.78 is 1.07. The van der Waals surface area contributed by atoms with E-state index in [-0.39, 0.29) is 5.38 Å². The summed E-state index contributed by atoms with van der Waals surface area (Å²) in [6.07, 6.45) is 0. The zero-order valence-corrected chi connectivity index (χ0v) is 12.3. The molecule has 1 unspecified atom stereocenters. The van der Waals surface area contributed by atoms with Gasteiger partial charge < -0.3 is 0 Å². The van der Waals surface area contributed by atoms with Crippen LogP contribution in [0.15, 0.2) is 34.8 Å². The lowest BCUT2D eigenvalue weighted by molar-refractivity contribution is 1.16. The Morgan fingerprint density at radius 2 is 1.94 bits per heavy atom. The molecule has 1 heterocycles. The van der Waals surface area contributed by atoms with Gasteiger partial charge in [-0.05, 0) is 37.6 Å². The monoisotopic (exact) mass is 314 g/mol. The predicted octanol–water partition coefficient (Wildman–Crippen LogP) is 5.46. The molecule has 0 nitrogen and oxygen atoms in total. The van der Waals surface area contributed by atoms with Crippen molar-refractivity contribution in [2.24, 2.45) is 0 Å². The fourth-order valence-electron chi connectivity index (χ4n) is 1.60. The first kappa shape index (κ1) is 12.2. The highest BCUT2D eigenvalue weighted by molar-refractivity contribution is 9.10. The lowest BCUT2D eigenvalue weighted by atomic mass is 10.1. The molecule has 0 aliphatic heterocycles. The molecular formula is C13H12BrClS. The summed E-state index contributed by atoms with van der Waals surface area (Å²) in [7, 11) is 0. The molecular weight excluding hydrogens is 304 g/mol. The predicted molar refractivity (Wildman–Crippen MR) is 75.6 cm³/mol. The van der Waals surface area contributed by atoms with Crippen LogP contribution in [0.3, 0.4) is 0 Å². The first-order chi connectivity index (χ1) is 7.58. The van der Waals surface area contributed by atoms with Gasteiger partial charge in [0.05, 0.1) is 5.38 Å². The number of rotatable bonds is 2. The van der Waals surface area contributed by atoms with Gasteiger partial charge in [-0.1, -0.05) is 33.6 Å². The summed E-state index contributed by atoms with van der Waals surface area (Å²) in [5.41, 5.74) is 2.38. The third-order valence-electron chi connectivity index (χ3n) is 2.44. The summed E-state index contributed by atoms with van der Waals surface area (Å²) in [6, 6.07) is 10.5. The molecule has 2 rings (SSSR count). The molecule has 3 heteroatoms. The molecule has 16 heavy (non-hydrogen) atoms. The van der Waals surface area contributed by atoms with E-state index in [0.717, 1.165) is 10.0 Å². The van der Waals surface area contributed by atoms with Gasteiger partial charge in [-0.2, -0.15) is 0 Å². The van der Waals surface area contributed by atoms with Gasteiger partial charge in [0.25, 0.3) is 0 Å². The molecule has 0 spiro atoms. The van der Waals surface area contributed by atoms with E-state index in [4.69, 9.17) is 11.6 Å². The van der Waals surface area contributed by atoms with E-state index in [1.54, 1.807) is 11.3 Å². The van der Waals surface area contributed by atoms with Crippen LogP contribution in [0, 0.1) is 13.8 Å². The number of hydrogen-bond donors (Lipinski definition) is 0. The zero-order valence-electron chi connectivity index (χ0n) is 9.13. The van der Waals surface area contributed by atoms with Gasteiger partial charge >= 0.3 is 0 Å². The molecule has 0 bridgehead atoms. The van der Waals surface area contributed by atoms with Crippen molar-refractivity contribution in [2.75, 3.05) is 0 Å². The van der Waals surface area contributed by atoms with Crippen LogP contribution in [0.5, 0.6) is 0 Å². The second-order valence-electron chi connectivity index (χ2n) is 3.84. The maximum Gasteiger partial charge on any atom is 0.0938 e. The van der Waals surface area contributed by atoms with Crippen LogP contribution in [0.1, 0.15) is 26.3 Å². The Morgan fingerprint density at radius 1 is 1.19 bits per heavy atom. The average molecular weight is 316 g/mol. The lowest BCUT2D eigenvalue weighted by Gasteiger charge is -2.11. The van der Waals surface area contributed by atoms with Crippen LogP contribution < -0.4 is 0 Å². The van der Waals surface area contributed by atoms with E-state index >= 15 is 0 Å². The summed E-state index contributed by atoms with van der Waals surface area (Å²) in [5, 5.41) is -0.0621. The minimum atomic E-state index is -0.0621. The maximum absolute atomic E-state index is 6.50. The van der Waals surface area contributed by atoms with E-state index in [1.165, 1.54) is 15.3 Å². The van der Waals surface area contributed by atoms with Gasteiger partial charge in [0.1, 0.15) is 0 Å². The summed E-state index contributed by atoms with van der Waals surface area (Å²) in [6.45, 7) is 4.18. The number of thiophene rings is 1. The largest absolute Gasteiger partial charge is 0.144 e. The maximum atomic E-state index is 6.50. The second-order valence-corrected chi connectivity index (χ2v) is 6.45. The second kappa shape index (κ2) is 4.91. The molecule has 1 aromatic heterocycles. The number of alkyl halides is 1. The topological polar surface area (TPSA) is 0 Å². The van der Waals surface area contributed by atoms with Crippen molar-refractivity contribution in [3.8, 4) is 0 Å². The van der Waals surface area contributed by atoms with Crippen molar-refractivity contribution < 1.29 is 0 Å². The Bertz CT molecular complexity index is 504. The molecule has 1 atom stereocenters. The van der Waals surface area contributed by atoms with Crippen LogP contribution >= 0.6 is 38.9 Å². The van der Waals surface area contributed by atoms with Gasteiger partial charge in [0, 0.05) is 14.2 Å². The first-order valence-corrected chi connectivity index (χ1v) is 7.09. The minimum Gasteiger partial charge on any atom is -0.144 e. The van der Waals surface area contributed by atoms with E-state index in [9.17, 15) is 0 Å². The van der Waals surface area contributed by atoms with Crippen LogP contribution in [0.4, 0.5) is 0 Å². The van der Waals surface area contributed by atoms with E-state index < -0.39 is 0 Å². The van der Waals surface area contributed by atoms with Crippen LogP contribution in [0.25, 0.3) is 0 Å². The normalized spacial score (nSPS) is 12.8. The van der Waals surface area contributed by atoms with Crippen LogP contribution in [-0.4, -0.2) is 0 Å². The van der Waals surface area contributed by atoms with Gasteiger partial charge in [0.2, 0.25) is 0 Å². The van der Waals surface area contributed by atoms with E-state index in [1.807, 2.05) is 0 Å². The number of aryl methyl sites for hydroxylation is 2.